The average Bonchev–Trinajstić information content (AvgIpc) is 2.80. The van der Waals surface area contributed by atoms with Crippen molar-refractivity contribution in [2.45, 2.75) is 6.61 Å². The Morgan fingerprint density at radius 1 is 1.00 bits per heavy atom. The third kappa shape index (κ3) is 4.90. The minimum atomic E-state index is -0.658. The molecule has 1 heterocycles. The molecule has 0 aliphatic rings. The Kier molecular flexibility index (Phi) is 6.74. The lowest BCUT2D eigenvalue weighted by Gasteiger charge is -2.13. The lowest BCUT2D eigenvalue weighted by molar-refractivity contribution is 0.284. The highest BCUT2D eigenvalue weighted by Crippen LogP contribution is 2.37. The zero-order chi connectivity index (χ0) is 23.5. The van der Waals surface area contributed by atoms with E-state index in [9.17, 15) is 9.59 Å². The molecule has 0 aliphatic carbocycles. The number of benzene rings is 3. The molecule has 0 radical (unpaired) electrons. The summed E-state index contributed by atoms with van der Waals surface area (Å²) in [6, 6.07) is 15.1. The number of nitrogens with one attached hydrogen (secondary N) is 1. The highest BCUT2D eigenvalue weighted by molar-refractivity contribution is 6.42. The van der Waals surface area contributed by atoms with Crippen molar-refractivity contribution in [1.82, 2.24) is 9.66 Å². The summed E-state index contributed by atoms with van der Waals surface area (Å²) < 4.78 is 12.0. The lowest BCUT2D eigenvalue weighted by atomic mass is 10.2. The van der Waals surface area contributed by atoms with Gasteiger partial charge in [-0.3, -0.25) is 4.79 Å². The summed E-state index contributed by atoms with van der Waals surface area (Å²) in [6.07, 6.45) is 1.34. The van der Waals surface area contributed by atoms with Crippen molar-refractivity contribution in [2.75, 3.05) is 7.11 Å². The van der Waals surface area contributed by atoms with Crippen LogP contribution in [-0.4, -0.2) is 23.0 Å². The molecule has 0 bridgehead atoms. The van der Waals surface area contributed by atoms with Crippen LogP contribution >= 0.6 is 34.8 Å². The predicted octanol–water partition coefficient (Wildman–Crippen LogP) is 5.12. The topological polar surface area (TPSA) is 85.7 Å². The number of H-pyrrole nitrogens is 1. The Labute approximate surface area is 202 Å². The standard InChI is InChI=1S/C23H16Cl3N3O4/c1-32-20-10-14(9-18(26)21(20)33-12-13-6-7-16(24)17(25)8-13)11-27-29-22(30)15-4-2-3-5-19(15)28-23(29)31/h2-11H,12H2,1H3,(H,28,31). The van der Waals surface area contributed by atoms with Gasteiger partial charge in [0.1, 0.15) is 6.61 Å². The Bertz CT molecular complexity index is 1500. The number of halogens is 3. The molecule has 0 fully saturated rings. The van der Waals surface area contributed by atoms with E-state index in [1.807, 2.05) is 0 Å². The van der Waals surface area contributed by atoms with Gasteiger partial charge in [0.2, 0.25) is 0 Å². The van der Waals surface area contributed by atoms with E-state index in [-0.39, 0.29) is 11.6 Å². The van der Waals surface area contributed by atoms with Crippen molar-refractivity contribution in [2.24, 2.45) is 5.10 Å². The van der Waals surface area contributed by atoms with Crippen molar-refractivity contribution >= 4 is 51.9 Å². The highest BCUT2D eigenvalue weighted by atomic mass is 35.5. The Morgan fingerprint density at radius 2 is 1.79 bits per heavy atom. The summed E-state index contributed by atoms with van der Waals surface area (Å²) >= 11 is 18.4. The molecule has 3 aromatic carbocycles. The number of rotatable bonds is 6. The van der Waals surface area contributed by atoms with Gasteiger partial charge in [-0.1, -0.05) is 53.0 Å². The van der Waals surface area contributed by atoms with Crippen LogP contribution < -0.4 is 20.7 Å². The van der Waals surface area contributed by atoms with Crippen molar-refractivity contribution in [3.8, 4) is 11.5 Å². The molecule has 4 rings (SSSR count). The molecule has 0 aliphatic heterocycles. The predicted molar refractivity (Wildman–Crippen MR) is 131 cm³/mol. The minimum absolute atomic E-state index is 0.183. The first kappa shape index (κ1) is 22.9. The first-order valence-corrected chi connectivity index (χ1v) is 10.7. The maximum Gasteiger partial charge on any atom is 0.349 e. The second-order valence-electron chi connectivity index (χ2n) is 6.91. The maximum absolute atomic E-state index is 12.6. The lowest BCUT2D eigenvalue weighted by Crippen LogP contribution is -2.32. The molecule has 1 aromatic heterocycles. The van der Waals surface area contributed by atoms with E-state index in [1.165, 1.54) is 13.3 Å². The third-order valence-corrected chi connectivity index (χ3v) is 5.74. The number of aromatic amines is 1. The summed E-state index contributed by atoms with van der Waals surface area (Å²) in [5.74, 6) is 0.673. The average molecular weight is 505 g/mol. The van der Waals surface area contributed by atoms with E-state index in [0.29, 0.717) is 38.0 Å². The summed E-state index contributed by atoms with van der Waals surface area (Å²) in [7, 11) is 1.47. The molecule has 10 heteroatoms. The number of nitrogens with zero attached hydrogens (tertiary/aromatic N) is 2. The summed E-state index contributed by atoms with van der Waals surface area (Å²) in [6.45, 7) is 0.183. The van der Waals surface area contributed by atoms with Gasteiger partial charge in [0, 0.05) is 0 Å². The van der Waals surface area contributed by atoms with E-state index in [4.69, 9.17) is 44.3 Å². The molecule has 0 unspecified atom stereocenters. The summed E-state index contributed by atoms with van der Waals surface area (Å²) in [5.41, 5.74) is 0.535. The van der Waals surface area contributed by atoms with E-state index < -0.39 is 11.2 Å². The van der Waals surface area contributed by atoms with Crippen LogP contribution in [0.25, 0.3) is 10.9 Å². The van der Waals surface area contributed by atoms with Gasteiger partial charge in [-0.05, 0) is 47.5 Å². The molecule has 4 aromatic rings. The molecule has 0 saturated carbocycles. The summed E-state index contributed by atoms with van der Waals surface area (Å²) in [4.78, 5) is 27.5. The van der Waals surface area contributed by atoms with Crippen molar-refractivity contribution < 1.29 is 9.47 Å². The van der Waals surface area contributed by atoms with Gasteiger partial charge in [-0.15, -0.1) is 4.68 Å². The normalized spacial score (nSPS) is 11.3. The first-order chi connectivity index (χ1) is 15.9. The van der Waals surface area contributed by atoms with Gasteiger partial charge in [-0.2, -0.15) is 5.10 Å². The molecule has 33 heavy (non-hydrogen) atoms. The number of para-hydroxylation sites is 1. The number of aromatic nitrogens is 2. The van der Waals surface area contributed by atoms with E-state index in [1.54, 1.807) is 54.6 Å². The SMILES string of the molecule is COc1cc(C=Nn2c(=O)[nH]c3ccccc3c2=O)cc(Cl)c1OCc1ccc(Cl)c(Cl)c1. The molecule has 1 N–H and O–H groups in total. The van der Waals surface area contributed by atoms with E-state index in [2.05, 4.69) is 10.1 Å². The molecule has 0 amide bonds. The molecule has 0 spiro atoms. The smallest absolute Gasteiger partial charge is 0.349 e. The fourth-order valence-corrected chi connectivity index (χ4v) is 3.72. The maximum atomic E-state index is 12.6. The number of fused-ring (bicyclic) bond motifs is 1. The second kappa shape index (κ2) is 9.70. The Hall–Kier alpha value is -3.26. The Balaban J connectivity index is 1.62. The van der Waals surface area contributed by atoms with E-state index in [0.717, 1.165) is 10.2 Å². The summed E-state index contributed by atoms with van der Waals surface area (Å²) in [5, 5.41) is 5.51. The highest BCUT2D eigenvalue weighted by Gasteiger charge is 2.13. The second-order valence-corrected chi connectivity index (χ2v) is 8.13. The molecule has 7 nitrogen and oxygen atoms in total. The number of ether oxygens (including phenoxy) is 2. The van der Waals surface area contributed by atoms with Crippen LogP contribution in [0.4, 0.5) is 0 Å². The largest absolute Gasteiger partial charge is 0.493 e. The molecular formula is C23H16Cl3N3O4. The van der Waals surface area contributed by atoms with Gasteiger partial charge < -0.3 is 14.5 Å². The van der Waals surface area contributed by atoms with Crippen LogP contribution in [0.15, 0.2) is 69.3 Å². The van der Waals surface area contributed by atoms with Crippen LogP contribution in [-0.2, 0) is 6.61 Å². The molecule has 168 valence electrons. The first-order valence-electron chi connectivity index (χ1n) is 9.60. The third-order valence-electron chi connectivity index (χ3n) is 4.73. The van der Waals surface area contributed by atoms with Gasteiger partial charge in [-0.25, -0.2) is 4.79 Å². The quantitative estimate of drug-likeness (QED) is 0.369. The molecule has 0 atom stereocenters. The van der Waals surface area contributed by atoms with Crippen LogP contribution in [0.1, 0.15) is 11.1 Å². The van der Waals surface area contributed by atoms with Gasteiger partial charge >= 0.3 is 5.69 Å². The molecular weight excluding hydrogens is 489 g/mol. The fourth-order valence-electron chi connectivity index (χ4n) is 3.12. The van der Waals surface area contributed by atoms with Gasteiger partial charge in [0.25, 0.3) is 5.56 Å². The monoisotopic (exact) mass is 503 g/mol. The van der Waals surface area contributed by atoms with Gasteiger partial charge in [0.15, 0.2) is 11.5 Å². The molecule has 0 saturated heterocycles. The van der Waals surface area contributed by atoms with Crippen LogP contribution in [0.3, 0.4) is 0 Å². The zero-order valence-corrected chi connectivity index (χ0v) is 19.4. The van der Waals surface area contributed by atoms with Gasteiger partial charge in [0.05, 0.1) is 39.3 Å². The zero-order valence-electron chi connectivity index (χ0n) is 17.1. The van der Waals surface area contributed by atoms with E-state index >= 15 is 0 Å². The number of hydrogen-bond donors (Lipinski definition) is 1. The van der Waals surface area contributed by atoms with Crippen LogP contribution in [0.2, 0.25) is 15.1 Å². The number of methoxy groups -OCH3 is 1. The Morgan fingerprint density at radius 3 is 2.55 bits per heavy atom. The van der Waals surface area contributed by atoms with Crippen LogP contribution in [0, 0.1) is 0 Å². The number of hydrogen-bond acceptors (Lipinski definition) is 5. The fraction of sp³-hybridized carbons (Fsp3) is 0.0870. The van der Waals surface area contributed by atoms with Crippen LogP contribution in [0.5, 0.6) is 11.5 Å². The van der Waals surface area contributed by atoms with Crippen molar-refractivity contribution in [3.05, 3.63) is 102 Å². The minimum Gasteiger partial charge on any atom is -0.493 e. The van der Waals surface area contributed by atoms with Crippen molar-refractivity contribution in [1.29, 1.82) is 0 Å². The van der Waals surface area contributed by atoms with Crippen molar-refractivity contribution in [3.63, 3.8) is 0 Å².